The minimum Gasteiger partial charge on any atom is -0.344 e. The van der Waals surface area contributed by atoms with E-state index in [0.29, 0.717) is 0 Å². The molecule has 2 heteroatoms. The fraction of sp³-hybridized carbons (Fsp3) is 0.167. The number of aryl methyl sites for hydroxylation is 1. The van der Waals surface area contributed by atoms with Crippen molar-refractivity contribution in [3.63, 3.8) is 0 Å². The van der Waals surface area contributed by atoms with E-state index in [0.717, 1.165) is 6.54 Å². The number of fused-ring (bicyclic) bond motifs is 1. The number of allylic oxidation sites excluding steroid dienone is 1. The van der Waals surface area contributed by atoms with Crippen LogP contribution in [-0.2, 0) is 6.54 Å². The second-order valence-electron chi connectivity index (χ2n) is 3.34. The number of benzene rings is 1. The average molecular weight is 206 g/mol. The largest absolute Gasteiger partial charge is 0.344 e. The lowest BCUT2D eigenvalue weighted by molar-refractivity contribution is 0.864. The summed E-state index contributed by atoms with van der Waals surface area (Å²) in [7, 11) is 0. The lowest BCUT2D eigenvalue weighted by atomic mass is 10.1. The lowest BCUT2D eigenvalue weighted by Gasteiger charge is -2.01. The van der Waals surface area contributed by atoms with E-state index in [1.807, 2.05) is 6.08 Å². The minimum atomic E-state index is 0.830. The maximum atomic E-state index is 5.51. The van der Waals surface area contributed by atoms with Crippen LogP contribution in [-0.4, -0.2) is 4.57 Å². The van der Waals surface area contributed by atoms with Crippen LogP contribution < -0.4 is 0 Å². The van der Waals surface area contributed by atoms with Crippen LogP contribution in [0.15, 0.2) is 42.1 Å². The molecule has 0 aliphatic carbocycles. The Morgan fingerprint density at radius 2 is 2.21 bits per heavy atom. The summed E-state index contributed by atoms with van der Waals surface area (Å²) in [6, 6.07) is 8.49. The highest BCUT2D eigenvalue weighted by molar-refractivity contribution is 6.25. The lowest BCUT2D eigenvalue weighted by Crippen LogP contribution is -1.91. The fourth-order valence-corrected chi connectivity index (χ4v) is 1.77. The third kappa shape index (κ3) is 1.55. The molecule has 1 aromatic heterocycles. The Balaban J connectivity index is 2.52. The third-order valence-corrected chi connectivity index (χ3v) is 2.60. The predicted octanol–water partition coefficient (Wildman–Crippen LogP) is 3.70. The SMILES string of the molecule is Cc1cccc2c1ccn2C/C=C/Cl. The van der Waals surface area contributed by atoms with E-state index in [1.165, 1.54) is 16.5 Å². The first-order valence-electron chi connectivity index (χ1n) is 4.62. The van der Waals surface area contributed by atoms with E-state index in [1.54, 1.807) is 5.54 Å². The van der Waals surface area contributed by atoms with Crippen molar-refractivity contribution in [3.8, 4) is 0 Å². The zero-order valence-corrected chi connectivity index (χ0v) is 8.83. The van der Waals surface area contributed by atoms with Gasteiger partial charge in [0.25, 0.3) is 0 Å². The highest BCUT2D eigenvalue weighted by atomic mass is 35.5. The van der Waals surface area contributed by atoms with E-state index < -0.39 is 0 Å². The van der Waals surface area contributed by atoms with Crippen LogP contribution in [0.5, 0.6) is 0 Å². The van der Waals surface area contributed by atoms with Crippen molar-refractivity contribution in [2.24, 2.45) is 0 Å². The molecule has 0 atom stereocenters. The molecule has 0 spiro atoms. The number of hydrogen-bond acceptors (Lipinski definition) is 0. The van der Waals surface area contributed by atoms with E-state index in [4.69, 9.17) is 11.6 Å². The molecule has 2 aromatic rings. The zero-order chi connectivity index (χ0) is 9.97. The molecule has 0 aliphatic rings. The van der Waals surface area contributed by atoms with Crippen LogP contribution in [0.2, 0.25) is 0 Å². The molecule has 0 saturated carbocycles. The van der Waals surface area contributed by atoms with Gasteiger partial charge in [-0.15, -0.1) is 0 Å². The number of hydrogen-bond donors (Lipinski definition) is 0. The average Bonchev–Trinajstić information content (AvgIpc) is 2.60. The monoisotopic (exact) mass is 205 g/mol. The Labute approximate surface area is 88.6 Å². The molecule has 0 radical (unpaired) electrons. The van der Waals surface area contributed by atoms with Crippen LogP contribution in [0.4, 0.5) is 0 Å². The van der Waals surface area contributed by atoms with Gasteiger partial charge in [0, 0.05) is 29.2 Å². The summed E-state index contributed by atoms with van der Waals surface area (Å²) in [5.41, 5.74) is 4.14. The van der Waals surface area contributed by atoms with E-state index in [2.05, 4.69) is 42.0 Å². The summed E-state index contributed by atoms with van der Waals surface area (Å²) in [6.45, 7) is 2.96. The summed E-state index contributed by atoms with van der Waals surface area (Å²) in [5, 5.41) is 1.32. The van der Waals surface area contributed by atoms with E-state index in [9.17, 15) is 0 Å². The van der Waals surface area contributed by atoms with Gasteiger partial charge in [0.1, 0.15) is 0 Å². The second kappa shape index (κ2) is 3.89. The Morgan fingerprint density at radius 1 is 1.36 bits per heavy atom. The van der Waals surface area contributed by atoms with Crippen LogP contribution in [0.3, 0.4) is 0 Å². The molecule has 0 N–H and O–H groups in total. The van der Waals surface area contributed by atoms with Gasteiger partial charge in [-0.3, -0.25) is 0 Å². The molecule has 0 fully saturated rings. The fourth-order valence-electron chi connectivity index (χ4n) is 1.69. The number of halogens is 1. The van der Waals surface area contributed by atoms with Crippen LogP contribution in [0, 0.1) is 6.92 Å². The maximum absolute atomic E-state index is 5.51. The van der Waals surface area contributed by atoms with Crippen molar-refractivity contribution in [1.29, 1.82) is 0 Å². The van der Waals surface area contributed by atoms with Gasteiger partial charge in [0.05, 0.1) is 0 Å². The summed E-state index contributed by atoms with van der Waals surface area (Å²) in [4.78, 5) is 0. The highest BCUT2D eigenvalue weighted by Crippen LogP contribution is 2.19. The quantitative estimate of drug-likeness (QED) is 0.705. The van der Waals surface area contributed by atoms with Crippen molar-refractivity contribution in [1.82, 2.24) is 4.57 Å². The summed E-state index contributed by atoms with van der Waals surface area (Å²) >= 11 is 5.51. The molecule has 0 bridgehead atoms. The van der Waals surface area contributed by atoms with Crippen molar-refractivity contribution >= 4 is 22.5 Å². The summed E-state index contributed by atoms with van der Waals surface area (Å²) in [5.74, 6) is 0. The highest BCUT2D eigenvalue weighted by Gasteiger charge is 2.00. The molecular weight excluding hydrogens is 194 g/mol. The molecule has 14 heavy (non-hydrogen) atoms. The zero-order valence-electron chi connectivity index (χ0n) is 8.07. The Bertz CT molecular complexity index is 468. The molecule has 0 unspecified atom stereocenters. The van der Waals surface area contributed by atoms with Crippen molar-refractivity contribution in [2.45, 2.75) is 13.5 Å². The smallest absolute Gasteiger partial charge is 0.0485 e. The molecule has 1 heterocycles. The van der Waals surface area contributed by atoms with Crippen LogP contribution >= 0.6 is 11.6 Å². The number of aromatic nitrogens is 1. The minimum absolute atomic E-state index is 0.830. The molecule has 1 aromatic carbocycles. The Kier molecular flexibility index (Phi) is 2.60. The molecular formula is C12H12ClN. The normalized spacial score (nSPS) is 11.6. The van der Waals surface area contributed by atoms with Crippen molar-refractivity contribution in [3.05, 3.63) is 47.6 Å². The maximum Gasteiger partial charge on any atom is 0.0485 e. The third-order valence-electron chi connectivity index (χ3n) is 2.42. The van der Waals surface area contributed by atoms with E-state index in [-0.39, 0.29) is 0 Å². The number of rotatable bonds is 2. The molecule has 72 valence electrons. The van der Waals surface area contributed by atoms with E-state index >= 15 is 0 Å². The summed E-state index contributed by atoms with van der Waals surface area (Å²) < 4.78 is 2.18. The predicted molar refractivity (Wildman–Crippen MR) is 61.7 cm³/mol. The van der Waals surface area contributed by atoms with Gasteiger partial charge in [0.15, 0.2) is 0 Å². The van der Waals surface area contributed by atoms with Gasteiger partial charge < -0.3 is 4.57 Å². The molecule has 1 nitrogen and oxygen atoms in total. The molecule has 0 saturated heterocycles. The Hall–Kier alpha value is -1.21. The van der Waals surface area contributed by atoms with Gasteiger partial charge in [-0.05, 0) is 24.6 Å². The standard InChI is InChI=1S/C12H12ClN/c1-10-4-2-5-12-11(10)6-9-14(12)8-3-7-13/h2-7,9H,8H2,1H3/b7-3+. The molecule has 2 rings (SSSR count). The van der Waals surface area contributed by atoms with Gasteiger partial charge >= 0.3 is 0 Å². The first-order valence-corrected chi connectivity index (χ1v) is 5.06. The van der Waals surface area contributed by atoms with Gasteiger partial charge in [0.2, 0.25) is 0 Å². The van der Waals surface area contributed by atoms with Gasteiger partial charge in [-0.25, -0.2) is 0 Å². The first kappa shape index (κ1) is 9.35. The van der Waals surface area contributed by atoms with Crippen LogP contribution in [0.1, 0.15) is 5.56 Å². The van der Waals surface area contributed by atoms with Gasteiger partial charge in [-0.2, -0.15) is 0 Å². The van der Waals surface area contributed by atoms with Crippen LogP contribution in [0.25, 0.3) is 10.9 Å². The molecule has 0 aliphatic heterocycles. The first-order chi connectivity index (χ1) is 6.83. The topological polar surface area (TPSA) is 4.93 Å². The number of nitrogens with zero attached hydrogens (tertiary/aromatic N) is 1. The van der Waals surface area contributed by atoms with Crippen molar-refractivity contribution < 1.29 is 0 Å². The molecule has 0 amide bonds. The van der Waals surface area contributed by atoms with Gasteiger partial charge in [-0.1, -0.05) is 29.8 Å². The second-order valence-corrected chi connectivity index (χ2v) is 3.59. The van der Waals surface area contributed by atoms with Crippen molar-refractivity contribution in [2.75, 3.05) is 0 Å². The Morgan fingerprint density at radius 3 is 3.00 bits per heavy atom. The summed E-state index contributed by atoms with van der Waals surface area (Å²) in [6.07, 6.45) is 4.03.